The summed E-state index contributed by atoms with van der Waals surface area (Å²) in [5, 5.41) is 1.18. The summed E-state index contributed by atoms with van der Waals surface area (Å²) in [6, 6.07) is 5.36. The van der Waals surface area contributed by atoms with Crippen molar-refractivity contribution in [2.45, 2.75) is 12.4 Å². The van der Waals surface area contributed by atoms with Crippen molar-refractivity contribution in [1.82, 2.24) is 0 Å². The van der Waals surface area contributed by atoms with E-state index in [1.807, 2.05) is 0 Å². The molecule has 3 nitrogen and oxygen atoms in total. The lowest BCUT2D eigenvalue weighted by molar-refractivity contribution is -0.0497. The van der Waals surface area contributed by atoms with E-state index in [9.17, 15) is 0 Å². The van der Waals surface area contributed by atoms with Crippen molar-refractivity contribution >= 4 is 23.2 Å². The lowest BCUT2D eigenvalue weighted by atomic mass is 10.1. The van der Waals surface area contributed by atoms with Gasteiger partial charge in [-0.15, -0.1) is 0 Å². The van der Waals surface area contributed by atoms with Gasteiger partial charge in [0.15, 0.2) is 6.29 Å². The number of halogens is 2. The summed E-state index contributed by atoms with van der Waals surface area (Å²) in [7, 11) is 0. The lowest BCUT2D eigenvalue weighted by Crippen LogP contribution is -2.20. The molecule has 2 N–H and O–H groups in total. The van der Waals surface area contributed by atoms with E-state index in [4.69, 9.17) is 38.4 Å². The highest BCUT2D eigenvalue weighted by Gasteiger charge is 2.29. The molecule has 0 aliphatic carbocycles. The van der Waals surface area contributed by atoms with Crippen molar-refractivity contribution < 1.29 is 9.47 Å². The number of rotatable bonds is 2. The fourth-order valence-electron chi connectivity index (χ4n) is 1.55. The molecule has 0 amide bonds. The summed E-state index contributed by atoms with van der Waals surface area (Å²) in [4.78, 5) is 0. The third kappa shape index (κ3) is 2.27. The normalized spacial score (nSPS) is 25.8. The Hall–Kier alpha value is -0.320. The van der Waals surface area contributed by atoms with Crippen LogP contribution in [0.3, 0.4) is 0 Å². The Kier molecular flexibility index (Phi) is 3.49. The van der Waals surface area contributed by atoms with E-state index in [1.165, 1.54) is 0 Å². The predicted octanol–water partition coefficient (Wildman–Crippen LogP) is 2.37. The third-order valence-electron chi connectivity index (χ3n) is 2.26. The van der Waals surface area contributed by atoms with E-state index >= 15 is 0 Å². The largest absolute Gasteiger partial charge is 0.348 e. The van der Waals surface area contributed by atoms with Crippen LogP contribution in [0, 0.1) is 0 Å². The van der Waals surface area contributed by atoms with Gasteiger partial charge in [-0.3, -0.25) is 0 Å². The zero-order valence-electron chi connectivity index (χ0n) is 7.95. The Labute approximate surface area is 98.1 Å². The first kappa shape index (κ1) is 11.2. The molecule has 0 bridgehead atoms. The van der Waals surface area contributed by atoms with Gasteiger partial charge < -0.3 is 15.2 Å². The summed E-state index contributed by atoms with van der Waals surface area (Å²) < 4.78 is 10.9. The minimum absolute atomic E-state index is 0.222. The van der Waals surface area contributed by atoms with Crippen LogP contribution in [0.4, 0.5) is 0 Å². The molecule has 1 saturated heterocycles. The molecule has 0 aromatic heterocycles. The molecule has 0 radical (unpaired) electrons. The maximum atomic E-state index is 6.05. The van der Waals surface area contributed by atoms with Gasteiger partial charge in [-0.05, 0) is 12.1 Å². The molecule has 1 aliphatic heterocycles. The van der Waals surface area contributed by atoms with Gasteiger partial charge in [0.1, 0.15) is 6.10 Å². The molecule has 1 fully saturated rings. The predicted molar refractivity (Wildman–Crippen MR) is 59.1 cm³/mol. The van der Waals surface area contributed by atoms with E-state index in [2.05, 4.69) is 0 Å². The van der Waals surface area contributed by atoms with Crippen LogP contribution in [-0.2, 0) is 9.47 Å². The standard InChI is InChI=1S/C10H11Cl2NO2/c11-6-2-1-3-7(12)10(6)8-5-14-9(4-13)15-8/h1-3,8-9H,4-5,13H2. The van der Waals surface area contributed by atoms with Crippen molar-refractivity contribution in [3.05, 3.63) is 33.8 Å². The maximum Gasteiger partial charge on any atom is 0.170 e. The van der Waals surface area contributed by atoms with Gasteiger partial charge in [0, 0.05) is 22.2 Å². The third-order valence-corrected chi connectivity index (χ3v) is 2.92. The average Bonchev–Trinajstić information content (AvgIpc) is 2.66. The molecule has 2 unspecified atom stereocenters. The average molecular weight is 248 g/mol. The second kappa shape index (κ2) is 4.68. The van der Waals surface area contributed by atoms with Gasteiger partial charge in [0.05, 0.1) is 6.61 Å². The molecule has 2 rings (SSSR count). The second-order valence-corrected chi connectivity index (χ2v) is 4.07. The van der Waals surface area contributed by atoms with Gasteiger partial charge in [0.25, 0.3) is 0 Å². The van der Waals surface area contributed by atoms with Crippen molar-refractivity contribution in [3.8, 4) is 0 Å². The summed E-state index contributed by atoms with van der Waals surface area (Å²) >= 11 is 12.1. The molecular weight excluding hydrogens is 237 g/mol. The Balaban J connectivity index is 2.23. The van der Waals surface area contributed by atoms with Gasteiger partial charge in [0.2, 0.25) is 0 Å². The van der Waals surface area contributed by atoms with E-state index in [0.717, 1.165) is 5.56 Å². The first-order valence-corrected chi connectivity index (χ1v) is 5.39. The van der Waals surface area contributed by atoms with Crippen molar-refractivity contribution in [1.29, 1.82) is 0 Å². The number of ether oxygens (including phenoxy) is 2. The smallest absolute Gasteiger partial charge is 0.170 e. The fraction of sp³-hybridized carbons (Fsp3) is 0.400. The van der Waals surface area contributed by atoms with Crippen LogP contribution in [0.15, 0.2) is 18.2 Å². The maximum absolute atomic E-state index is 6.05. The molecule has 5 heteroatoms. The van der Waals surface area contributed by atoms with E-state index in [0.29, 0.717) is 23.2 Å². The van der Waals surface area contributed by atoms with E-state index < -0.39 is 0 Å². The minimum Gasteiger partial charge on any atom is -0.348 e. The molecular formula is C10H11Cl2NO2. The molecule has 15 heavy (non-hydrogen) atoms. The molecule has 2 atom stereocenters. The van der Waals surface area contributed by atoms with Gasteiger partial charge >= 0.3 is 0 Å². The van der Waals surface area contributed by atoms with Crippen LogP contribution in [-0.4, -0.2) is 19.4 Å². The summed E-state index contributed by atoms with van der Waals surface area (Å²) in [6.07, 6.45) is -0.581. The van der Waals surface area contributed by atoms with Crippen molar-refractivity contribution in [2.24, 2.45) is 5.73 Å². The van der Waals surface area contributed by atoms with Gasteiger partial charge in [-0.1, -0.05) is 29.3 Å². The molecule has 1 heterocycles. The van der Waals surface area contributed by atoms with Crippen LogP contribution >= 0.6 is 23.2 Å². The number of benzene rings is 1. The quantitative estimate of drug-likeness (QED) is 0.873. The topological polar surface area (TPSA) is 44.5 Å². The van der Waals surface area contributed by atoms with Gasteiger partial charge in [-0.2, -0.15) is 0 Å². The minimum atomic E-state index is -0.359. The van der Waals surface area contributed by atoms with E-state index in [1.54, 1.807) is 18.2 Å². The molecule has 0 saturated carbocycles. The highest BCUT2D eigenvalue weighted by atomic mass is 35.5. The molecule has 1 aliphatic rings. The highest BCUT2D eigenvalue weighted by molar-refractivity contribution is 6.36. The SMILES string of the molecule is NCC1OCC(c2c(Cl)cccc2Cl)O1. The summed E-state index contributed by atoms with van der Waals surface area (Å²) in [6.45, 7) is 0.768. The van der Waals surface area contributed by atoms with Crippen LogP contribution in [0.2, 0.25) is 10.0 Å². The summed E-state index contributed by atoms with van der Waals surface area (Å²) in [5.41, 5.74) is 6.21. The lowest BCUT2D eigenvalue weighted by Gasteiger charge is -2.13. The van der Waals surface area contributed by atoms with Crippen LogP contribution in [0.5, 0.6) is 0 Å². The van der Waals surface area contributed by atoms with Crippen molar-refractivity contribution in [2.75, 3.05) is 13.2 Å². The monoisotopic (exact) mass is 247 g/mol. The number of hydrogen-bond donors (Lipinski definition) is 1. The van der Waals surface area contributed by atoms with Gasteiger partial charge in [-0.25, -0.2) is 0 Å². The van der Waals surface area contributed by atoms with E-state index in [-0.39, 0.29) is 12.4 Å². The summed E-state index contributed by atoms with van der Waals surface area (Å²) in [5.74, 6) is 0. The molecule has 1 aromatic rings. The Morgan fingerprint density at radius 3 is 2.53 bits per heavy atom. The Bertz CT molecular complexity index is 339. The Morgan fingerprint density at radius 1 is 1.33 bits per heavy atom. The molecule has 1 aromatic carbocycles. The number of hydrogen-bond acceptors (Lipinski definition) is 3. The molecule has 0 spiro atoms. The van der Waals surface area contributed by atoms with Crippen LogP contribution in [0.25, 0.3) is 0 Å². The van der Waals surface area contributed by atoms with Crippen molar-refractivity contribution in [3.63, 3.8) is 0 Å². The second-order valence-electron chi connectivity index (χ2n) is 3.26. The zero-order chi connectivity index (χ0) is 10.8. The Morgan fingerprint density at radius 2 is 2.00 bits per heavy atom. The number of nitrogens with two attached hydrogens (primary N) is 1. The molecule has 82 valence electrons. The first-order chi connectivity index (χ1) is 7.22. The zero-order valence-corrected chi connectivity index (χ0v) is 9.46. The van der Waals surface area contributed by atoms with Crippen LogP contribution in [0.1, 0.15) is 11.7 Å². The van der Waals surface area contributed by atoms with Crippen LogP contribution < -0.4 is 5.73 Å². The highest BCUT2D eigenvalue weighted by Crippen LogP contribution is 2.35. The fourth-order valence-corrected chi connectivity index (χ4v) is 2.19. The first-order valence-electron chi connectivity index (χ1n) is 4.63.